The Hall–Kier alpha value is -3.22. The molecule has 146 valence electrons. The molecule has 0 saturated carbocycles. The van der Waals surface area contributed by atoms with Crippen LogP contribution in [0.1, 0.15) is 5.56 Å². The molecule has 3 N–H and O–H groups in total. The number of anilines is 2. The predicted molar refractivity (Wildman–Crippen MR) is 86.4 cm³/mol. The van der Waals surface area contributed by atoms with E-state index in [1.165, 1.54) is 12.1 Å². The first-order valence-electron chi connectivity index (χ1n) is 6.96. The molecule has 0 aliphatic carbocycles. The summed E-state index contributed by atoms with van der Waals surface area (Å²) in [6.45, 7) is 0. The molecule has 2 aromatic rings. The van der Waals surface area contributed by atoms with Crippen molar-refractivity contribution >= 4 is 27.6 Å². The SMILES string of the molecule is COC(=O)ONc1ccc(S(=O)(=O)Nc2cc(C(F)(F)F)c[nH]c2=O)cc1. The summed E-state index contributed by atoms with van der Waals surface area (Å²) in [5.74, 6) is 0. The molecule has 1 aromatic heterocycles. The molecule has 0 saturated heterocycles. The number of ether oxygens (including phenoxy) is 1. The van der Waals surface area contributed by atoms with E-state index in [2.05, 4.69) is 15.1 Å². The zero-order valence-corrected chi connectivity index (χ0v) is 14.3. The number of pyridine rings is 1. The van der Waals surface area contributed by atoms with E-state index in [1.54, 1.807) is 4.72 Å². The van der Waals surface area contributed by atoms with Crippen molar-refractivity contribution in [3.63, 3.8) is 0 Å². The van der Waals surface area contributed by atoms with Gasteiger partial charge in [-0.05, 0) is 30.3 Å². The van der Waals surface area contributed by atoms with Crippen LogP contribution in [0.25, 0.3) is 0 Å². The number of rotatable bonds is 5. The number of halogens is 3. The maximum absolute atomic E-state index is 12.7. The molecule has 0 fully saturated rings. The maximum Gasteiger partial charge on any atom is 0.532 e. The molecule has 0 amide bonds. The van der Waals surface area contributed by atoms with Gasteiger partial charge in [0.05, 0.1) is 23.3 Å². The van der Waals surface area contributed by atoms with Gasteiger partial charge in [0.2, 0.25) is 0 Å². The van der Waals surface area contributed by atoms with Gasteiger partial charge in [-0.3, -0.25) is 9.52 Å². The fourth-order valence-electron chi connectivity index (χ4n) is 1.77. The monoisotopic (exact) mass is 407 g/mol. The van der Waals surface area contributed by atoms with E-state index in [-0.39, 0.29) is 10.6 Å². The molecule has 27 heavy (non-hydrogen) atoms. The second kappa shape index (κ2) is 7.57. The number of aromatic nitrogens is 1. The van der Waals surface area contributed by atoms with Crippen LogP contribution >= 0.6 is 0 Å². The number of H-pyrrole nitrogens is 1. The lowest BCUT2D eigenvalue weighted by Crippen LogP contribution is -2.21. The van der Waals surface area contributed by atoms with E-state index < -0.39 is 39.2 Å². The van der Waals surface area contributed by atoms with Crippen LogP contribution in [0.4, 0.5) is 29.3 Å². The normalized spacial score (nSPS) is 11.6. The highest BCUT2D eigenvalue weighted by molar-refractivity contribution is 7.92. The number of sulfonamides is 1. The Kier molecular flexibility index (Phi) is 5.64. The smallest absolute Gasteiger partial charge is 0.436 e. The van der Waals surface area contributed by atoms with Crippen molar-refractivity contribution < 1.29 is 36.0 Å². The summed E-state index contributed by atoms with van der Waals surface area (Å²) in [5.41, 5.74) is -0.681. The van der Waals surface area contributed by atoms with Crippen LogP contribution in [0.15, 0.2) is 46.2 Å². The highest BCUT2D eigenvalue weighted by atomic mass is 32.2. The summed E-state index contributed by atoms with van der Waals surface area (Å²) in [4.78, 5) is 28.3. The van der Waals surface area contributed by atoms with Crippen molar-refractivity contribution in [1.82, 2.24) is 4.98 Å². The van der Waals surface area contributed by atoms with Crippen molar-refractivity contribution in [2.45, 2.75) is 11.1 Å². The van der Waals surface area contributed by atoms with Gasteiger partial charge in [-0.25, -0.2) is 18.7 Å². The maximum atomic E-state index is 12.7. The third kappa shape index (κ3) is 5.13. The fourth-order valence-corrected chi connectivity index (χ4v) is 2.82. The predicted octanol–water partition coefficient (Wildman–Crippen LogP) is 2.30. The molecule has 0 atom stereocenters. The number of carbonyl (C=O) groups excluding carboxylic acids is 1. The first-order valence-corrected chi connectivity index (χ1v) is 8.45. The Morgan fingerprint density at radius 3 is 2.37 bits per heavy atom. The van der Waals surface area contributed by atoms with Gasteiger partial charge in [-0.2, -0.15) is 13.2 Å². The Labute approximate surface area is 150 Å². The van der Waals surface area contributed by atoms with Gasteiger partial charge >= 0.3 is 12.3 Å². The zero-order chi connectivity index (χ0) is 20.2. The molecular formula is C14H12F3N3O6S. The third-order valence-electron chi connectivity index (χ3n) is 3.06. The second-order valence-electron chi connectivity index (χ2n) is 4.92. The number of alkyl halides is 3. The number of carbonyl (C=O) groups is 1. The van der Waals surface area contributed by atoms with Gasteiger partial charge in [-0.1, -0.05) is 0 Å². The first-order chi connectivity index (χ1) is 12.5. The lowest BCUT2D eigenvalue weighted by atomic mass is 10.2. The van der Waals surface area contributed by atoms with E-state index in [0.29, 0.717) is 12.3 Å². The Bertz CT molecular complexity index is 986. The lowest BCUT2D eigenvalue weighted by molar-refractivity contribution is -0.137. The highest BCUT2D eigenvalue weighted by Crippen LogP contribution is 2.29. The van der Waals surface area contributed by atoms with E-state index >= 15 is 0 Å². The van der Waals surface area contributed by atoms with Gasteiger partial charge in [-0.15, -0.1) is 0 Å². The van der Waals surface area contributed by atoms with Crippen LogP contribution in [0.3, 0.4) is 0 Å². The summed E-state index contributed by atoms with van der Waals surface area (Å²) < 4.78 is 68.7. The molecule has 1 aromatic carbocycles. The molecule has 0 unspecified atom stereocenters. The lowest BCUT2D eigenvalue weighted by Gasteiger charge is -2.11. The molecule has 0 aliphatic heterocycles. The third-order valence-corrected chi connectivity index (χ3v) is 4.44. The number of hydrogen-bond donors (Lipinski definition) is 3. The van der Waals surface area contributed by atoms with Gasteiger partial charge in [0, 0.05) is 6.20 Å². The van der Waals surface area contributed by atoms with Crippen LogP contribution in [-0.2, 0) is 25.8 Å². The van der Waals surface area contributed by atoms with E-state index in [4.69, 9.17) is 0 Å². The first kappa shape index (κ1) is 20.1. The average molecular weight is 407 g/mol. The molecule has 1 heterocycles. The van der Waals surface area contributed by atoms with Crippen molar-refractivity contribution in [2.75, 3.05) is 17.3 Å². The minimum atomic E-state index is -4.77. The fraction of sp³-hybridized carbons (Fsp3) is 0.143. The van der Waals surface area contributed by atoms with E-state index in [9.17, 15) is 31.2 Å². The average Bonchev–Trinajstić information content (AvgIpc) is 2.60. The molecule has 2 rings (SSSR count). The van der Waals surface area contributed by atoms with Crippen molar-refractivity contribution in [1.29, 1.82) is 0 Å². The van der Waals surface area contributed by atoms with Crippen LogP contribution in [0.5, 0.6) is 0 Å². The van der Waals surface area contributed by atoms with Gasteiger partial charge in [0.1, 0.15) is 5.69 Å². The quantitative estimate of drug-likeness (QED) is 0.513. The number of benzene rings is 1. The van der Waals surface area contributed by atoms with Crippen LogP contribution < -0.4 is 15.8 Å². The van der Waals surface area contributed by atoms with Crippen LogP contribution in [0, 0.1) is 0 Å². The Morgan fingerprint density at radius 1 is 1.19 bits per heavy atom. The Morgan fingerprint density at radius 2 is 1.81 bits per heavy atom. The summed E-state index contributed by atoms with van der Waals surface area (Å²) in [7, 11) is -3.26. The van der Waals surface area contributed by atoms with E-state index in [0.717, 1.165) is 19.2 Å². The number of methoxy groups -OCH3 is 1. The molecule has 0 bridgehead atoms. The molecule has 0 radical (unpaired) electrons. The largest absolute Gasteiger partial charge is 0.532 e. The number of nitrogens with one attached hydrogen (secondary N) is 3. The zero-order valence-electron chi connectivity index (χ0n) is 13.5. The minimum absolute atomic E-state index is 0.191. The molecule has 0 spiro atoms. The molecular weight excluding hydrogens is 395 g/mol. The Balaban J connectivity index is 2.22. The van der Waals surface area contributed by atoms with Crippen LogP contribution in [-0.4, -0.2) is 26.7 Å². The summed E-state index contributed by atoms with van der Waals surface area (Å²) in [6.07, 6.45) is -5.36. The summed E-state index contributed by atoms with van der Waals surface area (Å²) in [6, 6.07) is 4.97. The van der Waals surface area contributed by atoms with Gasteiger partial charge < -0.3 is 14.6 Å². The van der Waals surface area contributed by atoms with Crippen molar-refractivity contribution in [3.05, 3.63) is 52.4 Å². The number of aromatic amines is 1. The molecule has 9 nitrogen and oxygen atoms in total. The van der Waals surface area contributed by atoms with Gasteiger partial charge in [0.15, 0.2) is 0 Å². The molecule has 13 heteroatoms. The summed E-state index contributed by atoms with van der Waals surface area (Å²) in [5, 5.41) is 0. The number of hydrogen-bond acceptors (Lipinski definition) is 7. The minimum Gasteiger partial charge on any atom is -0.436 e. The van der Waals surface area contributed by atoms with Gasteiger partial charge in [0.25, 0.3) is 15.6 Å². The van der Waals surface area contributed by atoms with Crippen molar-refractivity contribution in [2.24, 2.45) is 0 Å². The van der Waals surface area contributed by atoms with Crippen molar-refractivity contribution in [3.8, 4) is 0 Å². The topological polar surface area (TPSA) is 127 Å². The second-order valence-corrected chi connectivity index (χ2v) is 6.60. The summed E-state index contributed by atoms with van der Waals surface area (Å²) >= 11 is 0. The highest BCUT2D eigenvalue weighted by Gasteiger charge is 2.32. The van der Waals surface area contributed by atoms with E-state index in [1.807, 2.05) is 4.98 Å². The molecule has 0 aliphatic rings. The standard InChI is InChI=1S/C14H12F3N3O6S/c1-25-13(22)26-19-9-2-4-10(5-3-9)27(23,24)20-11-6-8(14(15,16)17)7-18-12(11)21/h2-7,19-20H,1H3,(H,18,21). The van der Waals surface area contributed by atoms with Crippen LogP contribution in [0.2, 0.25) is 0 Å².